The molecule has 6 nitrogen and oxygen atoms in total. The fourth-order valence-corrected chi connectivity index (χ4v) is 7.34. The molecule has 0 aromatic carbocycles. The van der Waals surface area contributed by atoms with Gasteiger partial charge in [0.1, 0.15) is 13.2 Å². The Labute approximate surface area is 412 Å². The number of carbonyl (C=O) groups is 3. The van der Waals surface area contributed by atoms with Crippen LogP contribution in [0.15, 0.2) is 109 Å². The Morgan fingerprint density at radius 2 is 0.657 bits per heavy atom. The van der Waals surface area contributed by atoms with Gasteiger partial charge in [0.05, 0.1) is 0 Å². The van der Waals surface area contributed by atoms with Gasteiger partial charge >= 0.3 is 17.9 Å². The van der Waals surface area contributed by atoms with E-state index in [0.29, 0.717) is 19.3 Å². The van der Waals surface area contributed by atoms with E-state index in [0.717, 1.165) is 103 Å². The second kappa shape index (κ2) is 54.7. The number of esters is 3. The highest BCUT2D eigenvalue weighted by molar-refractivity contribution is 5.71. The molecule has 0 heterocycles. The molecular weight excluding hydrogens is 829 g/mol. The number of rotatable bonds is 48. The number of hydrogen-bond acceptors (Lipinski definition) is 6. The normalized spacial score (nSPS) is 12.9. The van der Waals surface area contributed by atoms with Crippen LogP contribution in [-0.4, -0.2) is 37.2 Å². The van der Waals surface area contributed by atoms with Crippen LogP contribution in [0.4, 0.5) is 0 Å². The van der Waals surface area contributed by atoms with Crippen LogP contribution in [0.1, 0.15) is 239 Å². The number of hydrogen-bond donors (Lipinski definition) is 0. The van der Waals surface area contributed by atoms with Crippen LogP contribution in [0.5, 0.6) is 0 Å². The molecule has 0 bridgehead atoms. The van der Waals surface area contributed by atoms with Gasteiger partial charge in [0.2, 0.25) is 0 Å². The largest absolute Gasteiger partial charge is 0.462 e. The van der Waals surface area contributed by atoms with Gasteiger partial charge in [0.15, 0.2) is 6.10 Å². The smallest absolute Gasteiger partial charge is 0.306 e. The average Bonchev–Trinajstić information content (AvgIpc) is 3.33. The lowest BCUT2D eigenvalue weighted by atomic mass is 10.0. The summed E-state index contributed by atoms with van der Waals surface area (Å²) in [4.78, 5) is 38.1. The standard InChI is InChI=1S/C61H100O6/c1-4-7-10-13-16-19-22-25-28-29-30-31-34-36-39-42-45-48-51-54-60(63)66-57-58(67-61(64)55-52-49-46-43-40-37-33-27-24-21-18-15-12-9-6-3)56-65-59(62)53-50-47-44-41-38-35-32-26-23-20-17-14-11-8-5-2/h7,9-10,12,15-16,18-19,21,24-25,27-28,30-31,33,37,40,58H,4-6,8,11,13-14,17,20,22-23,26,29,32,34-36,38-39,41-57H2,1-3H3/b10-7-,12-9-,18-15-,19-16-,24-21-,28-25-,31-30-,33-27-,40-37-. The molecule has 1 atom stereocenters. The molecule has 0 spiro atoms. The number of ether oxygens (including phenoxy) is 3. The predicted molar refractivity (Wildman–Crippen MR) is 288 cm³/mol. The van der Waals surface area contributed by atoms with E-state index in [1.54, 1.807) is 0 Å². The van der Waals surface area contributed by atoms with Crippen molar-refractivity contribution in [3.05, 3.63) is 109 Å². The van der Waals surface area contributed by atoms with Gasteiger partial charge in [-0.15, -0.1) is 0 Å². The number of unbranched alkanes of at least 4 members (excludes halogenated alkanes) is 23. The quantitative estimate of drug-likeness (QED) is 0.0199. The molecule has 0 N–H and O–H groups in total. The first-order chi connectivity index (χ1) is 33.0. The van der Waals surface area contributed by atoms with E-state index >= 15 is 0 Å². The third-order valence-corrected chi connectivity index (χ3v) is 11.4. The average molecular weight is 929 g/mol. The highest BCUT2D eigenvalue weighted by Crippen LogP contribution is 2.15. The third-order valence-electron chi connectivity index (χ3n) is 11.4. The molecule has 0 rings (SSSR count). The van der Waals surface area contributed by atoms with E-state index < -0.39 is 6.10 Å². The molecule has 0 saturated heterocycles. The van der Waals surface area contributed by atoms with Crippen LogP contribution in [-0.2, 0) is 28.6 Å². The van der Waals surface area contributed by atoms with E-state index in [-0.39, 0.29) is 37.5 Å². The van der Waals surface area contributed by atoms with Gasteiger partial charge in [-0.2, -0.15) is 0 Å². The molecule has 380 valence electrons. The number of allylic oxidation sites excluding steroid dienone is 18. The molecule has 0 aliphatic heterocycles. The highest BCUT2D eigenvalue weighted by atomic mass is 16.6. The zero-order valence-electron chi connectivity index (χ0n) is 43.4. The van der Waals surface area contributed by atoms with Crippen molar-refractivity contribution < 1.29 is 28.6 Å². The summed E-state index contributed by atoms with van der Waals surface area (Å²) in [7, 11) is 0. The van der Waals surface area contributed by atoms with Gasteiger partial charge in [-0.3, -0.25) is 14.4 Å². The topological polar surface area (TPSA) is 78.9 Å². The van der Waals surface area contributed by atoms with Crippen LogP contribution in [0.3, 0.4) is 0 Å². The maximum atomic E-state index is 12.8. The first-order valence-corrected chi connectivity index (χ1v) is 27.5. The van der Waals surface area contributed by atoms with Gasteiger partial charge in [-0.05, 0) is 77.0 Å². The molecular formula is C61H100O6. The molecule has 0 aromatic heterocycles. The van der Waals surface area contributed by atoms with E-state index in [2.05, 4.69) is 81.5 Å². The van der Waals surface area contributed by atoms with Gasteiger partial charge < -0.3 is 14.2 Å². The van der Waals surface area contributed by atoms with Crippen LogP contribution >= 0.6 is 0 Å². The minimum Gasteiger partial charge on any atom is -0.462 e. The third kappa shape index (κ3) is 52.9. The Balaban J connectivity index is 4.47. The minimum absolute atomic E-state index is 0.1000. The van der Waals surface area contributed by atoms with E-state index in [4.69, 9.17) is 14.2 Å². The van der Waals surface area contributed by atoms with Crippen molar-refractivity contribution in [3.8, 4) is 0 Å². The van der Waals surface area contributed by atoms with Gasteiger partial charge in [-0.25, -0.2) is 0 Å². The van der Waals surface area contributed by atoms with Crippen molar-refractivity contribution in [1.29, 1.82) is 0 Å². The maximum Gasteiger partial charge on any atom is 0.306 e. The fraction of sp³-hybridized carbons (Fsp3) is 0.656. The van der Waals surface area contributed by atoms with E-state index in [1.165, 1.54) is 89.9 Å². The lowest BCUT2D eigenvalue weighted by molar-refractivity contribution is -0.167. The molecule has 0 fully saturated rings. The Kier molecular flexibility index (Phi) is 51.5. The number of carbonyl (C=O) groups excluding carboxylic acids is 3. The minimum atomic E-state index is -0.807. The first kappa shape index (κ1) is 63.1. The van der Waals surface area contributed by atoms with Crippen molar-refractivity contribution in [1.82, 2.24) is 0 Å². The van der Waals surface area contributed by atoms with Crippen molar-refractivity contribution in [2.45, 2.75) is 245 Å². The van der Waals surface area contributed by atoms with E-state index in [1.807, 2.05) is 48.6 Å². The van der Waals surface area contributed by atoms with Crippen molar-refractivity contribution in [2.75, 3.05) is 13.2 Å². The monoisotopic (exact) mass is 929 g/mol. The zero-order chi connectivity index (χ0) is 48.6. The van der Waals surface area contributed by atoms with Crippen LogP contribution in [0.25, 0.3) is 0 Å². The predicted octanol–water partition coefficient (Wildman–Crippen LogP) is 18.3. The van der Waals surface area contributed by atoms with Crippen LogP contribution in [0.2, 0.25) is 0 Å². The highest BCUT2D eigenvalue weighted by Gasteiger charge is 2.19. The molecule has 0 saturated carbocycles. The Hall–Kier alpha value is -3.93. The molecule has 0 radical (unpaired) electrons. The summed E-state index contributed by atoms with van der Waals surface area (Å²) < 4.78 is 16.8. The summed E-state index contributed by atoms with van der Waals surface area (Å²) in [5.41, 5.74) is 0. The molecule has 1 unspecified atom stereocenters. The Bertz CT molecular complexity index is 1390. The molecule has 0 aliphatic rings. The fourth-order valence-electron chi connectivity index (χ4n) is 7.34. The second-order valence-corrected chi connectivity index (χ2v) is 17.9. The Morgan fingerprint density at radius 3 is 1.10 bits per heavy atom. The van der Waals surface area contributed by atoms with E-state index in [9.17, 15) is 14.4 Å². The second-order valence-electron chi connectivity index (χ2n) is 17.9. The molecule has 0 aromatic rings. The maximum absolute atomic E-state index is 12.8. The van der Waals surface area contributed by atoms with Crippen molar-refractivity contribution >= 4 is 17.9 Å². The van der Waals surface area contributed by atoms with Gasteiger partial charge in [-0.1, -0.05) is 252 Å². The van der Waals surface area contributed by atoms with Crippen molar-refractivity contribution in [2.24, 2.45) is 0 Å². The summed E-state index contributed by atoms with van der Waals surface area (Å²) in [6, 6.07) is 0. The summed E-state index contributed by atoms with van der Waals surface area (Å²) in [6.07, 6.45) is 73.6. The van der Waals surface area contributed by atoms with Gasteiger partial charge in [0, 0.05) is 19.3 Å². The van der Waals surface area contributed by atoms with Gasteiger partial charge in [0.25, 0.3) is 0 Å². The summed E-state index contributed by atoms with van der Waals surface area (Å²) in [5.74, 6) is -0.956. The molecule has 6 heteroatoms. The summed E-state index contributed by atoms with van der Waals surface area (Å²) in [6.45, 7) is 6.34. The van der Waals surface area contributed by atoms with Crippen LogP contribution in [0, 0.1) is 0 Å². The lowest BCUT2D eigenvalue weighted by Gasteiger charge is -2.18. The van der Waals surface area contributed by atoms with Crippen molar-refractivity contribution in [3.63, 3.8) is 0 Å². The SMILES string of the molecule is CC\C=C/C=C\C=C/C=C\C=C/CCCCCC(=O)OC(COC(=O)CCCCCCCC/C=C\C/C=C\C/C=C\C/C=C\CC)COC(=O)CCCCCCCCCCCCCCCCC. The molecule has 67 heavy (non-hydrogen) atoms. The zero-order valence-corrected chi connectivity index (χ0v) is 43.4. The molecule has 0 amide bonds. The molecule has 0 aliphatic carbocycles. The first-order valence-electron chi connectivity index (χ1n) is 27.5. The Morgan fingerprint density at radius 1 is 0.328 bits per heavy atom. The summed E-state index contributed by atoms with van der Waals surface area (Å²) in [5, 5.41) is 0. The summed E-state index contributed by atoms with van der Waals surface area (Å²) >= 11 is 0. The lowest BCUT2D eigenvalue weighted by Crippen LogP contribution is -2.30. The van der Waals surface area contributed by atoms with Crippen LogP contribution < -0.4 is 0 Å².